The second kappa shape index (κ2) is 7.59. The van der Waals surface area contributed by atoms with Crippen molar-refractivity contribution in [2.24, 2.45) is 0 Å². The van der Waals surface area contributed by atoms with Crippen LogP contribution in [0.2, 0.25) is 0 Å². The van der Waals surface area contributed by atoms with Crippen LogP contribution < -0.4 is 0 Å². The standard InChI is InChI=1S/C5H8O2.CHNO/c1-3-4(2)5(6)7;2-1-3/h2-3H2,1H3,(H,6,7);2H. The van der Waals surface area contributed by atoms with Crippen LogP contribution in [0.4, 0.5) is 0 Å². The van der Waals surface area contributed by atoms with Gasteiger partial charge in [-0.25, -0.2) is 15.0 Å². The van der Waals surface area contributed by atoms with Crippen molar-refractivity contribution >= 4 is 12.0 Å². The predicted molar refractivity (Wildman–Crippen MR) is 35.5 cm³/mol. The fourth-order valence-electron chi connectivity index (χ4n) is 0.151. The largest absolute Gasteiger partial charge is 0.478 e. The molecule has 0 fully saturated rings. The Labute approximate surface area is 58.7 Å². The molecule has 0 aliphatic heterocycles. The molecule has 0 radical (unpaired) electrons. The van der Waals surface area contributed by atoms with Gasteiger partial charge in [-0.05, 0) is 6.42 Å². The van der Waals surface area contributed by atoms with Crippen LogP contribution in [-0.2, 0) is 9.59 Å². The average Bonchev–Trinajstić information content (AvgIpc) is 1.88. The summed E-state index contributed by atoms with van der Waals surface area (Å²) in [5, 5.41) is 13.5. The molecular formula is C6H9NO3. The highest BCUT2D eigenvalue weighted by Gasteiger charge is 1.96. The van der Waals surface area contributed by atoms with Gasteiger partial charge < -0.3 is 5.11 Å². The van der Waals surface area contributed by atoms with Gasteiger partial charge in [0.15, 0.2) is 0 Å². The Morgan fingerprint density at radius 3 is 2.10 bits per heavy atom. The van der Waals surface area contributed by atoms with Crippen molar-refractivity contribution < 1.29 is 14.7 Å². The Bertz CT molecular complexity index is 156. The molecule has 10 heavy (non-hydrogen) atoms. The van der Waals surface area contributed by atoms with E-state index in [2.05, 4.69) is 6.58 Å². The molecule has 0 aromatic carbocycles. The van der Waals surface area contributed by atoms with Gasteiger partial charge in [0.25, 0.3) is 0 Å². The van der Waals surface area contributed by atoms with Crippen molar-refractivity contribution in [2.75, 3.05) is 0 Å². The molecule has 0 bridgehead atoms. The van der Waals surface area contributed by atoms with Gasteiger partial charge in [-0.3, -0.25) is 0 Å². The molecule has 56 valence electrons. The first-order valence-electron chi connectivity index (χ1n) is 2.55. The van der Waals surface area contributed by atoms with Crippen molar-refractivity contribution in [2.45, 2.75) is 13.3 Å². The number of carboxylic acid groups (broad SMARTS) is 1. The number of nitrogens with one attached hydrogen (secondary N) is 1. The van der Waals surface area contributed by atoms with Gasteiger partial charge in [-0.2, -0.15) is 0 Å². The monoisotopic (exact) mass is 143 g/mol. The van der Waals surface area contributed by atoms with E-state index in [1.165, 1.54) is 0 Å². The lowest BCUT2D eigenvalue weighted by atomic mass is 10.2. The van der Waals surface area contributed by atoms with Crippen molar-refractivity contribution in [1.82, 2.24) is 0 Å². The minimum absolute atomic E-state index is 0.264. The summed E-state index contributed by atoms with van der Waals surface area (Å²) in [7, 11) is 0. The second-order valence-corrected chi connectivity index (χ2v) is 1.36. The van der Waals surface area contributed by atoms with Crippen LogP contribution in [0, 0.1) is 5.41 Å². The number of carbonyl (C=O) groups excluding carboxylic acids is 1. The summed E-state index contributed by atoms with van der Waals surface area (Å²) in [5.41, 5.74) is 0.264. The molecule has 0 atom stereocenters. The van der Waals surface area contributed by atoms with E-state index in [9.17, 15) is 4.79 Å². The Hall–Kier alpha value is -1.41. The molecule has 0 aromatic heterocycles. The zero-order chi connectivity index (χ0) is 8.57. The van der Waals surface area contributed by atoms with E-state index in [0.29, 0.717) is 6.42 Å². The van der Waals surface area contributed by atoms with Gasteiger partial charge in [-0.1, -0.05) is 13.5 Å². The maximum atomic E-state index is 9.83. The molecule has 0 spiro atoms. The number of hydrogen-bond donors (Lipinski definition) is 2. The smallest absolute Gasteiger partial charge is 0.330 e. The Kier molecular flexibility index (Phi) is 8.65. The van der Waals surface area contributed by atoms with E-state index in [-0.39, 0.29) is 5.57 Å². The van der Waals surface area contributed by atoms with E-state index in [1.54, 1.807) is 6.92 Å². The minimum atomic E-state index is -0.900. The van der Waals surface area contributed by atoms with Gasteiger partial charge in [0.05, 0.1) is 0 Å². The lowest BCUT2D eigenvalue weighted by Gasteiger charge is -1.87. The molecule has 4 nitrogen and oxygen atoms in total. The number of isocyanates is 1. The summed E-state index contributed by atoms with van der Waals surface area (Å²) in [6, 6.07) is 0. The highest BCUT2D eigenvalue weighted by atomic mass is 16.4. The minimum Gasteiger partial charge on any atom is -0.478 e. The van der Waals surface area contributed by atoms with Crippen LogP contribution in [0.25, 0.3) is 0 Å². The molecule has 0 rings (SSSR count). The molecule has 2 N–H and O–H groups in total. The Morgan fingerprint density at radius 2 is 2.10 bits per heavy atom. The maximum Gasteiger partial charge on any atom is 0.330 e. The fourth-order valence-corrected chi connectivity index (χ4v) is 0.151. The molecule has 0 unspecified atom stereocenters. The highest BCUT2D eigenvalue weighted by Crippen LogP contribution is 1.93. The molecule has 0 saturated heterocycles. The highest BCUT2D eigenvalue weighted by molar-refractivity contribution is 5.85. The fraction of sp³-hybridized carbons (Fsp3) is 0.333. The molecule has 4 heteroatoms. The van der Waals surface area contributed by atoms with Crippen LogP contribution in [-0.4, -0.2) is 17.2 Å². The summed E-state index contributed by atoms with van der Waals surface area (Å²) in [6.45, 7) is 5.03. The third-order valence-corrected chi connectivity index (χ3v) is 0.729. The number of carboxylic acids is 1. The number of hydrogen-bond acceptors (Lipinski definition) is 3. The van der Waals surface area contributed by atoms with Gasteiger partial charge >= 0.3 is 5.97 Å². The third-order valence-electron chi connectivity index (χ3n) is 0.729. The normalized spacial score (nSPS) is 6.50. The lowest BCUT2D eigenvalue weighted by Crippen LogP contribution is -1.95. The molecule has 0 heterocycles. The second-order valence-electron chi connectivity index (χ2n) is 1.36. The SMILES string of the molecule is C=C(CC)C(=O)O.N=C=O. The van der Waals surface area contributed by atoms with Crippen molar-refractivity contribution in [3.63, 3.8) is 0 Å². The Balaban J connectivity index is 0. The number of aliphatic carboxylic acids is 1. The predicted octanol–water partition coefficient (Wildman–Crippen LogP) is 0.938. The zero-order valence-electron chi connectivity index (χ0n) is 5.68. The topological polar surface area (TPSA) is 78.2 Å². The van der Waals surface area contributed by atoms with Crippen LogP contribution in [0.15, 0.2) is 12.2 Å². The summed E-state index contributed by atoms with van der Waals surface area (Å²) < 4.78 is 0. The molecule has 0 saturated carbocycles. The summed E-state index contributed by atoms with van der Waals surface area (Å²) in [6.07, 6.45) is 1.27. The number of rotatable bonds is 2. The Morgan fingerprint density at radius 1 is 1.80 bits per heavy atom. The van der Waals surface area contributed by atoms with Crippen molar-refractivity contribution in [3.05, 3.63) is 12.2 Å². The van der Waals surface area contributed by atoms with E-state index >= 15 is 0 Å². The van der Waals surface area contributed by atoms with Crippen molar-refractivity contribution in [1.29, 1.82) is 5.41 Å². The van der Waals surface area contributed by atoms with E-state index in [0.717, 1.165) is 6.08 Å². The first kappa shape index (κ1) is 11.4. The van der Waals surface area contributed by atoms with Gasteiger partial charge in [0.2, 0.25) is 6.08 Å². The van der Waals surface area contributed by atoms with E-state index < -0.39 is 5.97 Å². The third kappa shape index (κ3) is 9.77. The molecule has 0 aliphatic carbocycles. The van der Waals surface area contributed by atoms with E-state index in [1.807, 2.05) is 0 Å². The van der Waals surface area contributed by atoms with Gasteiger partial charge in [0.1, 0.15) is 0 Å². The first-order chi connectivity index (χ1) is 4.59. The first-order valence-corrected chi connectivity index (χ1v) is 2.55. The maximum absolute atomic E-state index is 9.83. The van der Waals surface area contributed by atoms with Crippen LogP contribution in [0.5, 0.6) is 0 Å². The van der Waals surface area contributed by atoms with Gasteiger partial charge in [0, 0.05) is 5.57 Å². The van der Waals surface area contributed by atoms with Crippen molar-refractivity contribution in [3.8, 4) is 0 Å². The van der Waals surface area contributed by atoms with Crippen LogP contribution in [0.1, 0.15) is 13.3 Å². The quantitative estimate of drug-likeness (QED) is 0.343. The zero-order valence-corrected chi connectivity index (χ0v) is 5.68. The molecule has 0 aliphatic rings. The molecule has 0 aromatic rings. The molecular weight excluding hydrogens is 134 g/mol. The summed E-state index contributed by atoms with van der Waals surface area (Å²) in [5.74, 6) is -0.900. The van der Waals surface area contributed by atoms with Crippen LogP contribution >= 0.6 is 0 Å². The number of carbonyl (C=O) groups is 1. The van der Waals surface area contributed by atoms with E-state index in [4.69, 9.17) is 15.3 Å². The van der Waals surface area contributed by atoms with Crippen LogP contribution in [0.3, 0.4) is 0 Å². The average molecular weight is 143 g/mol. The lowest BCUT2D eigenvalue weighted by molar-refractivity contribution is -0.132. The molecule has 0 amide bonds. The van der Waals surface area contributed by atoms with Gasteiger partial charge in [-0.15, -0.1) is 0 Å². The summed E-state index contributed by atoms with van der Waals surface area (Å²) in [4.78, 5) is 18.2. The summed E-state index contributed by atoms with van der Waals surface area (Å²) >= 11 is 0.